The SMILES string of the molecule is CNc1cc([C@@]2(C)CCCN(C(=O)C3(Cc4ccccc4)CCOCC3)C2)nc(C)n1. The average molecular weight is 423 g/mol. The van der Waals surface area contributed by atoms with E-state index in [-0.39, 0.29) is 16.7 Å². The van der Waals surface area contributed by atoms with Gasteiger partial charge in [0.1, 0.15) is 11.6 Å². The zero-order valence-corrected chi connectivity index (χ0v) is 19.0. The Hall–Kier alpha value is -2.47. The van der Waals surface area contributed by atoms with Crippen molar-refractivity contribution < 1.29 is 9.53 Å². The van der Waals surface area contributed by atoms with Crippen LogP contribution in [0.4, 0.5) is 5.82 Å². The van der Waals surface area contributed by atoms with Crippen LogP contribution >= 0.6 is 0 Å². The Morgan fingerprint density at radius 3 is 2.61 bits per heavy atom. The summed E-state index contributed by atoms with van der Waals surface area (Å²) in [5, 5.41) is 3.14. The maximum Gasteiger partial charge on any atom is 0.229 e. The Balaban J connectivity index is 1.60. The molecule has 3 heterocycles. The van der Waals surface area contributed by atoms with E-state index < -0.39 is 0 Å². The van der Waals surface area contributed by atoms with Gasteiger partial charge in [-0.2, -0.15) is 0 Å². The lowest BCUT2D eigenvalue weighted by Crippen LogP contribution is -2.54. The van der Waals surface area contributed by atoms with Gasteiger partial charge in [-0.05, 0) is 44.6 Å². The summed E-state index contributed by atoms with van der Waals surface area (Å²) >= 11 is 0. The molecule has 0 aliphatic carbocycles. The molecule has 2 aliphatic rings. The Morgan fingerprint density at radius 2 is 1.90 bits per heavy atom. The van der Waals surface area contributed by atoms with Crippen molar-refractivity contribution in [2.24, 2.45) is 5.41 Å². The van der Waals surface area contributed by atoms with E-state index in [4.69, 9.17) is 9.72 Å². The number of aromatic nitrogens is 2. The van der Waals surface area contributed by atoms with Gasteiger partial charge in [-0.15, -0.1) is 0 Å². The summed E-state index contributed by atoms with van der Waals surface area (Å²) in [6.45, 7) is 6.98. The summed E-state index contributed by atoms with van der Waals surface area (Å²) in [5.41, 5.74) is 1.69. The minimum absolute atomic E-state index is 0.174. The molecule has 2 aromatic rings. The highest BCUT2D eigenvalue weighted by molar-refractivity contribution is 5.83. The number of carbonyl (C=O) groups excluding carboxylic acids is 1. The second-order valence-corrected chi connectivity index (χ2v) is 9.38. The first-order chi connectivity index (χ1) is 14.9. The van der Waals surface area contributed by atoms with Crippen LogP contribution in [0.15, 0.2) is 36.4 Å². The van der Waals surface area contributed by atoms with Gasteiger partial charge in [-0.1, -0.05) is 37.3 Å². The van der Waals surface area contributed by atoms with E-state index in [0.29, 0.717) is 19.8 Å². The van der Waals surface area contributed by atoms with Gasteiger partial charge in [0, 0.05) is 44.8 Å². The molecule has 0 radical (unpaired) electrons. The van der Waals surface area contributed by atoms with E-state index in [1.54, 1.807) is 0 Å². The van der Waals surface area contributed by atoms with Gasteiger partial charge in [0.15, 0.2) is 0 Å². The number of ether oxygens (including phenoxy) is 1. The molecule has 1 N–H and O–H groups in total. The van der Waals surface area contributed by atoms with Crippen molar-refractivity contribution in [2.45, 2.75) is 51.4 Å². The molecule has 6 nitrogen and oxygen atoms in total. The third-order valence-corrected chi connectivity index (χ3v) is 6.99. The summed E-state index contributed by atoms with van der Waals surface area (Å²) in [7, 11) is 1.88. The molecule has 166 valence electrons. The highest BCUT2D eigenvalue weighted by Crippen LogP contribution is 2.40. The quantitative estimate of drug-likeness (QED) is 0.795. The maximum absolute atomic E-state index is 14.0. The molecule has 1 amide bonds. The fourth-order valence-corrected chi connectivity index (χ4v) is 5.18. The lowest BCUT2D eigenvalue weighted by Gasteiger charge is -2.45. The fraction of sp³-hybridized carbons (Fsp3) is 0.560. The summed E-state index contributed by atoms with van der Waals surface area (Å²) in [6, 6.07) is 12.4. The van der Waals surface area contributed by atoms with E-state index in [1.807, 2.05) is 26.1 Å². The first-order valence-corrected chi connectivity index (χ1v) is 11.4. The predicted octanol–water partition coefficient (Wildman–Crippen LogP) is 3.75. The van der Waals surface area contributed by atoms with Crippen LogP contribution in [-0.2, 0) is 21.4 Å². The van der Waals surface area contributed by atoms with Crippen molar-refractivity contribution in [3.05, 3.63) is 53.5 Å². The molecule has 6 heteroatoms. The van der Waals surface area contributed by atoms with E-state index in [1.165, 1.54) is 5.56 Å². The largest absolute Gasteiger partial charge is 0.381 e. The van der Waals surface area contributed by atoms with Gasteiger partial charge in [0.05, 0.1) is 11.1 Å². The van der Waals surface area contributed by atoms with Crippen LogP contribution in [0.3, 0.4) is 0 Å². The molecular formula is C25H34N4O2. The number of hydrogen-bond donors (Lipinski definition) is 1. The van der Waals surface area contributed by atoms with Crippen LogP contribution in [0.5, 0.6) is 0 Å². The first kappa shape index (κ1) is 21.8. The molecule has 4 rings (SSSR count). The lowest BCUT2D eigenvalue weighted by atomic mass is 9.72. The third-order valence-electron chi connectivity index (χ3n) is 6.99. The van der Waals surface area contributed by atoms with Crippen LogP contribution in [0.1, 0.15) is 49.7 Å². The second-order valence-electron chi connectivity index (χ2n) is 9.38. The topological polar surface area (TPSA) is 67.4 Å². The molecule has 1 atom stereocenters. The molecule has 0 saturated carbocycles. The first-order valence-electron chi connectivity index (χ1n) is 11.4. The molecule has 0 spiro atoms. The highest BCUT2D eigenvalue weighted by atomic mass is 16.5. The molecule has 0 unspecified atom stereocenters. The van der Waals surface area contributed by atoms with Crippen molar-refractivity contribution >= 4 is 11.7 Å². The van der Waals surface area contributed by atoms with Gasteiger partial charge in [0.25, 0.3) is 0 Å². The molecule has 1 aromatic carbocycles. The lowest BCUT2D eigenvalue weighted by molar-refractivity contribution is -0.150. The minimum atomic E-state index is -0.379. The van der Waals surface area contributed by atoms with Gasteiger partial charge in [-0.25, -0.2) is 9.97 Å². The molecule has 1 aromatic heterocycles. The smallest absolute Gasteiger partial charge is 0.229 e. The summed E-state index contributed by atoms with van der Waals surface area (Å²) in [5.74, 6) is 1.87. The average Bonchev–Trinajstić information content (AvgIpc) is 2.79. The van der Waals surface area contributed by atoms with E-state index in [0.717, 1.165) is 56.0 Å². The van der Waals surface area contributed by atoms with Crippen LogP contribution in [0.2, 0.25) is 0 Å². The Labute approximate surface area is 185 Å². The van der Waals surface area contributed by atoms with E-state index in [2.05, 4.69) is 46.4 Å². The van der Waals surface area contributed by atoms with Crippen LogP contribution in [0, 0.1) is 12.3 Å². The van der Waals surface area contributed by atoms with Crippen molar-refractivity contribution in [3.63, 3.8) is 0 Å². The number of rotatable bonds is 5. The number of benzene rings is 1. The summed E-state index contributed by atoms with van der Waals surface area (Å²) < 4.78 is 5.65. The number of piperidine rings is 1. The molecule has 2 saturated heterocycles. The normalized spacial score (nSPS) is 23.4. The molecule has 0 bridgehead atoms. The Bertz CT molecular complexity index is 911. The van der Waals surface area contributed by atoms with Crippen molar-refractivity contribution in [1.29, 1.82) is 0 Å². The number of aryl methyl sites for hydroxylation is 1. The zero-order chi connectivity index (χ0) is 21.9. The number of anilines is 1. The molecular weight excluding hydrogens is 388 g/mol. The molecule has 2 aliphatic heterocycles. The third kappa shape index (κ3) is 4.59. The van der Waals surface area contributed by atoms with Gasteiger partial charge in [-0.3, -0.25) is 4.79 Å². The number of likely N-dealkylation sites (tertiary alicyclic amines) is 1. The van der Waals surface area contributed by atoms with Crippen LogP contribution in [0.25, 0.3) is 0 Å². The number of hydrogen-bond acceptors (Lipinski definition) is 5. The Morgan fingerprint density at radius 1 is 1.16 bits per heavy atom. The highest BCUT2D eigenvalue weighted by Gasteiger charge is 2.45. The monoisotopic (exact) mass is 422 g/mol. The van der Waals surface area contributed by atoms with Crippen LogP contribution < -0.4 is 5.32 Å². The molecule has 31 heavy (non-hydrogen) atoms. The predicted molar refractivity (Wildman–Crippen MR) is 122 cm³/mol. The number of carbonyl (C=O) groups is 1. The van der Waals surface area contributed by atoms with Crippen molar-refractivity contribution in [2.75, 3.05) is 38.7 Å². The van der Waals surface area contributed by atoms with Gasteiger partial charge < -0.3 is 15.0 Å². The van der Waals surface area contributed by atoms with Gasteiger partial charge in [0.2, 0.25) is 5.91 Å². The Kier molecular flexibility index (Phi) is 6.28. The summed E-state index contributed by atoms with van der Waals surface area (Å²) in [6.07, 6.45) is 4.35. The zero-order valence-electron chi connectivity index (χ0n) is 19.0. The fourth-order valence-electron chi connectivity index (χ4n) is 5.18. The van der Waals surface area contributed by atoms with Crippen molar-refractivity contribution in [3.8, 4) is 0 Å². The number of amides is 1. The second kappa shape index (κ2) is 8.95. The van der Waals surface area contributed by atoms with Gasteiger partial charge >= 0.3 is 0 Å². The van der Waals surface area contributed by atoms with E-state index >= 15 is 0 Å². The minimum Gasteiger partial charge on any atom is -0.381 e. The molecule has 2 fully saturated rings. The summed E-state index contributed by atoms with van der Waals surface area (Å²) in [4.78, 5) is 25.3. The maximum atomic E-state index is 14.0. The standard InChI is InChI=1S/C25H34N4O2/c1-19-27-21(16-22(26-3)28-19)24(2)10-7-13-29(18-24)23(30)25(11-14-31-15-12-25)17-20-8-5-4-6-9-20/h4-6,8-9,16H,7,10-15,17-18H2,1-3H3,(H,26,27,28)/t24-/m0/s1. The van der Waals surface area contributed by atoms with Crippen LogP contribution in [-0.4, -0.2) is 54.1 Å². The van der Waals surface area contributed by atoms with E-state index in [9.17, 15) is 4.79 Å². The number of nitrogens with one attached hydrogen (secondary N) is 1. The number of nitrogens with zero attached hydrogens (tertiary/aromatic N) is 3. The van der Waals surface area contributed by atoms with Crippen molar-refractivity contribution in [1.82, 2.24) is 14.9 Å².